The van der Waals surface area contributed by atoms with Crippen molar-refractivity contribution >= 4 is 30.6 Å². The molecular formula is C13H12BN3O3. The lowest BCUT2D eigenvalue weighted by Gasteiger charge is -2.33. The summed E-state index contributed by atoms with van der Waals surface area (Å²) in [5.41, 5.74) is -0.769. The van der Waals surface area contributed by atoms with Gasteiger partial charge in [0, 0.05) is 6.42 Å². The van der Waals surface area contributed by atoms with E-state index in [4.69, 9.17) is 0 Å². The lowest BCUT2D eigenvalue weighted by Crippen LogP contribution is -2.58. The van der Waals surface area contributed by atoms with Gasteiger partial charge in [0.1, 0.15) is 7.85 Å². The molecule has 1 aliphatic heterocycles. The highest BCUT2D eigenvalue weighted by Gasteiger charge is 2.40. The summed E-state index contributed by atoms with van der Waals surface area (Å²) in [4.78, 5) is 40.1. The number of para-hydroxylation sites is 1. The van der Waals surface area contributed by atoms with Gasteiger partial charge in [-0.1, -0.05) is 12.1 Å². The highest BCUT2D eigenvalue weighted by molar-refractivity contribution is 6.28. The Morgan fingerprint density at radius 2 is 2.00 bits per heavy atom. The molecule has 20 heavy (non-hydrogen) atoms. The van der Waals surface area contributed by atoms with Crippen LogP contribution < -0.4 is 10.9 Å². The fourth-order valence-electron chi connectivity index (χ4n) is 2.44. The van der Waals surface area contributed by atoms with Crippen LogP contribution in [0.15, 0.2) is 35.4 Å². The fourth-order valence-corrected chi connectivity index (χ4v) is 2.44. The SMILES string of the molecule is B[C@]1(n2cnc3ccccc3c2=O)CCC(=O)NC1=O. The molecule has 3 rings (SSSR count). The largest absolute Gasteiger partial charge is 0.295 e. The lowest BCUT2D eigenvalue weighted by atomic mass is 9.71. The van der Waals surface area contributed by atoms with Gasteiger partial charge < -0.3 is 0 Å². The van der Waals surface area contributed by atoms with Crippen molar-refractivity contribution in [3.8, 4) is 0 Å². The van der Waals surface area contributed by atoms with Crippen LogP contribution in [0.25, 0.3) is 10.9 Å². The van der Waals surface area contributed by atoms with Gasteiger partial charge in [0.25, 0.3) is 5.56 Å². The average molecular weight is 269 g/mol. The number of hydrogen-bond donors (Lipinski definition) is 1. The normalized spacial score (nSPS) is 22.8. The molecule has 1 aromatic carbocycles. The molecule has 1 aliphatic rings. The fraction of sp³-hybridized carbons (Fsp3) is 0.231. The molecule has 1 N–H and O–H groups in total. The van der Waals surface area contributed by atoms with Crippen LogP contribution in [0.1, 0.15) is 12.8 Å². The summed E-state index contributed by atoms with van der Waals surface area (Å²) >= 11 is 0. The number of rotatable bonds is 1. The Hall–Kier alpha value is -2.44. The van der Waals surface area contributed by atoms with Gasteiger partial charge in [-0.05, 0) is 18.6 Å². The highest BCUT2D eigenvalue weighted by Crippen LogP contribution is 2.22. The number of fused-ring (bicyclic) bond motifs is 1. The van der Waals surface area contributed by atoms with Gasteiger partial charge in [0.15, 0.2) is 0 Å². The van der Waals surface area contributed by atoms with E-state index in [9.17, 15) is 14.4 Å². The van der Waals surface area contributed by atoms with Gasteiger partial charge in [-0.15, -0.1) is 0 Å². The Morgan fingerprint density at radius 3 is 2.75 bits per heavy atom. The summed E-state index contributed by atoms with van der Waals surface area (Å²) in [6.07, 6.45) is 1.87. The van der Waals surface area contributed by atoms with Crippen molar-refractivity contribution in [3.05, 3.63) is 40.9 Å². The first-order chi connectivity index (χ1) is 9.52. The van der Waals surface area contributed by atoms with E-state index in [1.54, 1.807) is 32.1 Å². The summed E-state index contributed by atoms with van der Waals surface area (Å²) in [6.45, 7) is 0. The van der Waals surface area contributed by atoms with Crippen LogP contribution in [0.5, 0.6) is 0 Å². The van der Waals surface area contributed by atoms with E-state index in [-0.39, 0.29) is 24.3 Å². The maximum Gasteiger partial charge on any atom is 0.261 e. The van der Waals surface area contributed by atoms with Crippen molar-refractivity contribution < 1.29 is 9.59 Å². The first-order valence-electron chi connectivity index (χ1n) is 6.33. The van der Waals surface area contributed by atoms with Gasteiger partial charge in [0.2, 0.25) is 11.8 Å². The molecule has 6 nitrogen and oxygen atoms in total. The van der Waals surface area contributed by atoms with Gasteiger partial charge in [-0.2, -0.15) is 0 Å². The molecule has 0 unspecified atom stereocenters. The number of imide groups is 1. The van der Waals surface area contributed by atoms with Crippen LogP contribution in [0.2, 0.25) is 0 Å². The quantitative estimate of drug-likeness (QED) is 0.538. The Labute approximate surface area is 115 Å². The molecule has 1 fully saturated rings. The molecule has 2 aromatic rings. The van der Waals surface area contributed by atoms with E-state index in [2.05, 4.69) is 10.3 Å². The second-order valence-corrected chi connectivity index (χ2v) is 5.09. The van der Waals surface area contributed by atoms with E-state index in [1.165, 1.54) is 10.9 Å². The molecule has 0 bridgehead atoms. The third kappa shape index (κ3) is 1.74. The smallest absolute Gasteiger partial charge is 0.261 e. The highest BCUT2D eigenvalue weighted by atomic mass is 16.2. The predicted molar refractivity (Wildman–Crippen MR) is 74.9 cm³/mol. The summed E-state index contributed by atoms with van der Waals surface area (Å²) in [5, 5.41) is 2.74. The third-order valence-electron chi connectivity index (χ3n) is 3.78. The number of amides is 2. The number of aromatic nitrogens is 2. The number of hydrogen-bond acceptors (Lipinski definition) is 4. The van der Waals surface area contributed by atoms with Gasteiger partial charge in [0.05, 0.1) is 22.7 Å². The van der Waals surface area contributed by atoms with Crippen molar-refractivity contribution in [1.29, 1.82) is 0 Å². The molecule has 0 radical (unpaired) electrons. The first-order valence-corrected chi connectivity index (χ1v) is 6.33. The average Bonchev–Trinajstić information content (AvgIpc) is 2.44. The summed E-state index contributed by atoms with van der Waals surface area (Å²) in [6, 6.07) is 6.97. The molecular weight excluding hydrogens is 257 g/mol. The van der Waals surface area contributed by atoms with Gasteiger partial charge in [-0.25, -0.2) is 4.98 Å². The van der Waals surface area contributed by atoms with Crippen molar-refractivity contribution in [3.63, 3.8) is 0 Å². The van der Waals surface area contributed by atoms with Crippen LogP contribution in [0, 0.1) is 0 Å². The van der Waals surface area contributed by atoms with Crippen molar-refractivity contribution in [2.45, 2.75) is 18.3 Å². The minimum atomic E-state index is -1.08. The molecule has 100 valence electrons. The van der Waals surface area contributed by atoms with Crippen LogP contribution in [-0.4, -0.2) is 29.2 Å². The summed E-state index contributed by atoms with van der Waals surface area (Å²) in [7, 11) is 1.65. The maximum atomic E-state index is 12.5. The lowest BCUT2D eigenvalue weighted by molar-refractivity contribution is -0.137. The van der Waals surface area contributed by atoms with E-state index in [1.807, 2.05) is 0 Å². The summed E-state index contributed by atoms with van der Waals surface area (Å²) < 4.78 is 1.32. The number of nitrogens with zero attached hydrogens (tertiary/aromatic N) is 2. The van der Waals surface area contributed by atoms with E-state index in [0.29, 0.717) is 10.9 Å². The number of benzene rings is 1. The zero-order valence-corrected chi connectivity index (χ0v) is 10.9. The molecule has 0 saturated carbocycles. The molecule has 0 aliphatic carbocycles. The minimum Gasteiger partial charge on any atom is -0.295 e. The van der Waals surface area contributed by atoms with Crippen molar-refractivity contribution in [1.82, 2.24) is 14.9 Å². The van der Waals surface area contributed by atoms with Crippen LogP contribution >= 0.6 is 0 Å². The molecule has 0 spiro atoms. The maximum absolute atomic E-state index is 12.5. The molecule has 1 aromatic heterocycles. The minimum absolute atomic E-state index is 0.210. The standard InChI is InChI=1S/C13H12BN3O3/c14-13(6-5-10(18)16-12(13)20)17-7-15-9-4-2-1-3-8(9)11(17)19/h1-4,7H,5-6,14H2,(H,16,18,20)/t13-/m0/s1. The van der Waals surface area contributed by atoms with E-state index >= 15 is 0 Å². The summed E-state index contributed by atoms with van der Waals surface area (Å²) in [5.74, 6) is -0.776. The zero-order chi connectivity index (χ0) is 14.3. The predicted octanol–water partition coefficient (Wildman–Crippen LogP) is -0.881. The monoisotopic (exact) mass is 269 g/mol. The van der Waals surface area contributed by atoms with Crippen molar-refractivity contribution in [2.75, 3.05) is 0 Å². The number of nitrogens with one attached hydrogen (secondary N) is 1. The zero-order valence-electron chi connectivity index (χ0n) is 10.9. The van der Waals surface area contributed by atoms with Gasteiger partial charge in [-0.3, -0.25) is 24.3 Å². The van der Waals surface area contributed by atoms with E-state index < -0.39 is 11.3 Å². The molecule has 1 saturated heterocycles. The second-order valence-electron chi connectivity index (χ2n) is 5.09. The topological polar surface area (TPSA) is 81.1 Å². The second kappa shape index (κ2) is 4.30. The van der Waals surface area contributed by atoms with Crippen LogP contribution in [0.4, 0.5) is 0 Å². The third-order valence-corrected chi connectivity index (χ3v) is 3.78. The number of piperidine rings is 1. The Bertz CT molecular complexity index is 786. The van der Waals surface area contributed by atoms with Crippen LogP contribution in [0.3, 0.4) is 0 Å². The Kier molecular flexibility index (Phi) is 2.70. The molecule has 2 heterocycles. The number of carbonyl (C=O) groups is 2. The van der Waals surface area contributed by atoms with Crippen molar-refractivity contribution in [2.24, 2.45) is 0 Å². The Balaban J connectivity index is 2.19. The Morgan fingerprint density at radius 1 is 1.25 bits per heavy atom. The van der Waals surface area contributed by atoms with E-state index in [0.717, 1.165) is 0 Å². The molecule has 7 heteroatoms. The first kappa shape index (κ1) is 12.6. The van der Waals surface area contributed by atoms with Gasteiger partial charge >= 0.3 is 0 Å². The molecule has 1 atom stereocenters. The molecule has 2 amide bonds. The van der Waals surface area contributed by atoms with Crippen LogP contribution in [-0.2, 0) is 15.0 Å². The number of carbonyl (C=O) groups excluding carboxylic acids is 2.